The summed E-state index contributed by atoms with van der Waals surface area (Å²) in [5.74, 6) is 0.355. The number of anilines is 1. The number of amides is 2. The zero-order chi connectivity index (χ0) is 23.3. The highest BCUT2D eigenvalue weighted by Crippen LogP contribution is 2.27. The van der Waals surface area contributed by atoms with E-state index >= 15 is 0 Å². The van der Waals surface area contributed by atoms with Crippen LogP contribution in [0.3, 0.4) is 0 Å². The molecule has 2 aromatic carbocycles. The van der Waals surface area contributed by atoms with Crippen molar-refractivity contribution in [1.82, 2.24) is 15.1 Å². The van der Waals surface area contributed by atoms with Crippen LogP contribution in [0.15, 0.2) is 59.5 Å². The predicted octanol–water partition coefficient (Wildman–Crippen LogP) is 4.63. The zero-order valence-electron chi connectivity index (χ0n) is 19.2. The molecule has 0 saturated heterocycles. The molecule has 0 saturated carbocycles. The molecule has 0 fully saturated rings. The molecule has 1 aromatic heterocycles. The van der Waals surface area contributed by atoms with E-state index in [1.807, 2.05) is 62.4 Å². The third-order valence-electron chi connectivity index (χ3n) is 4.89. The Kier molecular flexibility index (Phi) is 7.40. The first-order valence-corrected chi connectivity index (χ1v) is 11.5. The van der Waals surface area contributed by atoms with Gasteiger partial charge in [-0.3, -0.25) is 9.59 Å². The average Bonchev–Trinajstić information content (AvgIpc) is 3.15. The molecule has 0 bridgehead atoms. The number of aryl methyl sites for hydroxylation is 2. The molecule has 0 atom stereocenters. The van der Waals surface area contributed by atoms with Crippen molar-refractivity contribution in [1.29, 1.82) is 0 Å². The zero-order valence-corrected chi connectivity index (χ0v) is 20.0. The van der Waals surface area contributed by atoms with Crippen molar-refractivity contribution in [2.24, 2.45) is 0 Å². The SMILES string of the molecule is Cc1ccc(-n2nc(C(C)(C)C)cc2NC(=O)CNC(=O)CSc2ccccc2)c(C)c1. The van der Waals surface area contributed by atoms with Gasteiger partial charge >= 0.3 is 0 Å². The van der Waals surface area contributed by atoms with E-state index in [1.165, 1.54) is 11.8 Å². The van der Waals surface area contributed by atoms with E-state index in [-0.39, 0.29) is 29.5 Å². The molecule has 6 nitrogen and oxygen atoms in total. The van der Waals surface area contributed by atoms with Crippen molar-refractivity contribution in [3.63, 3.8) is 0 Å². The van der Waals surface area contributed by atoms with Crippen molar-refractivity contribution < 1.29 is 9.59 Å². The van der Waals surface area contributed by atoms with Gasteiger partial charge in [0.25, 0.3) is 0 Å². The molecule has 0 aliphatic rings. The molecular formula is C25H30N4O2S. The van der Waals surface area contributed by atoms with E-state index < -0.39 is 0 Å². The Balaban J connectivity index is 1.68. The van der Waals surface area contributed by atoms with E-state index in [9.17, 15) is 9.59 Å². The highest BCUT2D eigenvalue weighted by molar-refractivity contribution is 8.00. The minimum atomic E-state index is -0.297. The van der Waals surface area contributed by atoms with Gasteiger partial charge in [-0.25, -0.2) is 4.68 Å². The summed E-state index contributed by atoms with van der Waals surface area (Å²) in [6.07, 6.45) is 0. The van der Waals surface area contributed by atoms with Crippen LogP contribution in [0, 0.1) is 13.8 Å². The smallest absolute Gasteiger partial charge is 0.244 e. The van der Waals surface area contributed by atoms with Crippen molar-refractivity contribution >= 4 is 29.4 Å². The summed E-state index contributed by atoms with van der Waals surface area (Å²) in [5.41, 5.74) is 3.83. The molecule has 0 spiro atoms. The van der Waals surface area contributed by atoms with Gasteiger partial charge in [0, 0.05) is 16.4 Å². The standard InChI is InChI=1S/C25H30N4O2S/c1-17-11-12-20(18(2)13-17)29-22(14-21(28-29)25(3,4)5)27-23(30)15-26-24(31)16-32-19-9-7-6-8-10-19/h6-14H,15-16H2,1-5H3,(H,26,31)(H,27,30). The number of nitrogens with zero attached hydrogens (tertiary/aromatic N) is 2. The fraction of sp³-hybridized carbons (Fsp3) is 0.320. The molecule has 0 radical (unpaired) electrons. The first kappa shape index (κ1) is 23.6. The average molecular weight is 451 g/mol. The molecule has 0 aliphatic carbocycles. The van der Waals surface area contributed by atoms with Crippen LogP contribution in [0.25, 0.3) is 5.69 Å². The van der Waals surface area contributed by atoms with Crippen LogP contribution in [-0.4, -0.2) is 33.9 Å². The summed E-state index contributed by atoms with van der Waals surface area (Å²) >= 11 is 1.43. The Hall–Kier alpha value is -3.06. The number of thioether (sulfide) groups is 1. The lowest BCUT2D eigenvalue weighted by Gasteiger charge is -2.14. The van der Waals surface area contributed by atoms with Gasteiger partial charge in [0.1, 0.15) is 5.82 Å². The van der Waals surface area contributed by atoms with Gasteiger partial charge in [-0.15, -0.1) is 11.8 Å². The van der Waals surface area contributed by atoms with Crippen LogP contribution in [0.4, 0.5) is 5.82 Å². The quantitative estimate of drug-likeness (QED) is 0.515. The molecule has 7 heteroatoms. The highest BCUT2D eigenvalue weighted by Gasteiger charge is 2.22. The van der Waals surface area contributed by atoms with Crippen LogP contribution in [0.2, 0.25) is 0 Å². The van der Waals surface area contributed by atoms with Crippen LogP contribution in [0.5, 0.6) is 0 Å². The number of aromatic nitrogens is 2. The molecular weight excluding hydrogens is 420 g/mol. The van der Waals surface area contributed by atoms with Crippen molar-refractivity contribution in [2.75, 3.05) is 17.6 Å². The topological polar surface area (TPSA) is 76.0 Å². The lowest BCUT2D eigenvalue weighted by atomic mass is 9.92. The maximum Gasteiger partial charge on any atom is 0.244 e. The van der Waals surface area contributed by atoms with Crippen molar-refractivity contribution in [3.05, 3.63) is 71.4 Å². The molecule has 0 unspecified atom stereocenters. The maximum absolute atomic E-state index is 12.6. The number of nitrogens with one attached hydrogen (secondary N) is 2. The Morgan fingerprint density at radius 1 is 1.00 bits per heavy atom. The van der Waals surface area contributed by atoms with Crippen LogP contribution < -0.4 is 10.6 Å². The summed E-state index contributed by atoms with van der Waals surface area (Å²) in [6, 6.07) is 17.7. The molecule has 2 amide bonds. The number of hydrogen-bond acceptors (Lipinski definition) is 4. The molecule has 3 aromatic rings. The summed E-state index contributed by atoms with van der Waals surface area (Å²) < 4.78 is 1.76. The lowest BCUT2D eigenvalue weighted by molar-refractivity contribution is -0.122. The van der Waals surface area contributed by atoms with E-state index in [1.54, 1.807) is 4.68 Å². The second-order valence-electron chi connectivity index (χ2n) is 8.79. The molecule has 3 rings (SSSR count). The highest BCUT2D eigenvalue weighted by atomic mass is 32.2. The summed E-state index contributed by atoms with van der Waals surface area (Å²) in [4.78, 5) is 25.8. The summed E-state index contributed by atoms with van der Waals surface area (Å²) in [5, 5.41) is 10.4. The maximum atomic E-state index is 12.6. The molecule has 2 N–H and O–H groups in total. The van der Waals surface area contributed by atoms with Crippen LogP contribution in [0.1, 0.15) is 37.6 Å². The molecule has 32 heavy (non-hydrogen) atoms. The Bertz CT molecular complexity index is 1100. The number of hydrogen-bond donors (Lipinski definition) is 2. The van der Waals surface area contributed by atoms with Gasteiger partial charge in [-0.2, -0.15) is 5.10 Å². The third-order valence-corrected chi connectivity index (χ3v) is 5.90. The number of rotatable bonds is 7. The van der Waals surface area contributed by atoms with E-state index in [0.29, 0.717) is 5.82 Å². The van der Waals surface area contributed by atoms with Crippen molar-refractivity contribution in [3.8, 4) is 5.69 Å². The van der Waals surface area contributed by atoms with Crippen LogP contribution in [-0.2, 0) is 15.0 Å². The number of carbonyl (C=O) groups excluding carboxylic acids is 2. The Morgan fingerprint density at radius 2 is 1.72 bits per heavy atom. The Labute approximate surface area is 193 Å². The van der Waals surface area contributed by atoms with E-state index in [4.69, 9.17) is 5.10 Å². The second kappa shape index (κ2) is 10.0. The Morgan fingerprint density at radius 3 is 2.38 bits per heavy atom. The number of carbonyl (C=O) groups is 2. The summed E-state index contributed by atoms with van der Waals surface area (Å²) in [7, 11) is 0. The second-order valence-corrected chi connectivity index (χ2v) is 9.84. The number of benzene rings is 2. The molecule has 0 aliphatic heterocycles. The predicted molar refractivity (Wildman–Crippen MR) is 131 cm³/mol. The summed E-state index contributed by atoms with van der Waals surface area (Å²) in [6.45, 7) is 10.2. The van der Waals surface area contributed by atoms with Gasteiger partial charge in [0.2, 0.25) is 11.8 Å². The monoisotopic (exact) mass is 450 g/mol. The van der Waals surface area contributed by atoms with Gasteiger partial charge < -0.3 is 10.6 Å². The van der Waals surface area contributed by atoms with Crippen molar-refractivity contribution in [2.45, 2.75) is 44.9 Å². The normalized spacial score (nSPS) is 11.3. The fourth-order valence-corrected chi connectivity index (χ4v) is 3.90. The van der Waals surface area contributed by atoms with Gasteiger partial charge in [0.05, 0.1) is 23.7 Å². The molecule has 168 valence electrons. The minimum Gasteiger partial charge on any atom is -0.346 e. The van der Waals surface area contributed by atoms with Gasteiger partial charge in [-0.05, 0) is 37.6 Å². The van der Waals surface area contributed by atoms with E-state index in [2.05, 4.69) is 37.5 Å². The fourth-order valence-electron chi connectivity index (χ4n) is 3.15. The first-order chi connectivity index (χ1) is 15.1. The minimum absolute atomic E-state index is 0.100. The van der Waals surface area contributed by atoms with Crippen LogP contribution >= 0.6 is 11.8 Å². The van der Waals surface area contributed by atoms with Gasteiger partial charge in [-0.1, -0.05) is 56.7 Å². The van der Waals surface area contributed by atoms with Gasteiger partial charge in [0.15, 0.2) is 0 Å². The molecule has 1 heterocycles. The third kappa shape index (κ3) is 6.23. The van der Waals surface area contributed by atoms with E-state index in [0.717, 1.165) is 27.4 Å². The first-order valence-electron chi connectivity index (χ1n) is 10.6. The lowest BCUT2D eigenvalue weighted by Crippen LogP contribution is -2.34. The largest absolute Gasteiger partial charge is 0.346 e.